The van der Waals surface area contributed by atoms with Gasteiger partial charge in [-0.25, -0.2) is 0 Å². The van der Waals surface area contributed by atoms with Crippen LogP contribution >= 0.6 is 11.8 Å². The lowest BCUT2D eigenvalue weighted by molar-refractivity contribution is -0.116. The number of benzene rings is 1. The van der Waals surface area contributed by atoms with E-state index in [0.717, 1.165) is 30.2 Å². The van der Waals surface area contributed by atoms with Crippen molar-refractivity contribution in [2.75, 3.05) is 43.2 Å². The molecule has 1 aromatic carbocycles. The molecule has 0 aliphatic rings. The van der Waals surface area contributed by atoms with Gasteiger partial charge in [-0.1, -0.05) is 0 Å². The lowest BCUT2D eigenvalue weighted by Gasteiger charge is -2.08. The maximum Gasteiger partial charge on any atom is 0.224 e. The van der Waals surface area contributed by atoms with Crippen molar-refractivity contribution < 1.29 is 4.79 Å². The van der Waals surface area contributed by atoms with Gasteiger partial charge in [-0.05, 0) is 50.5 Å². The van der Waals surface area contributed by atoms with Gasteiger partial charge < -0.3 is 16.0 Å². The first-order valence-corrected chi connectivity index (χ1v) is 7.61. The van der Waals surface area contributed by atoms with Gasteiger partial charge in [0.1, 0.15) is 0 Å². The van der Waals surface area contributed by atoms with E-state index in [4.69, 9.17) is 5.73 Å². The van der Waals surface area contributed by atoms with Crippen LogP contribution in [0.4, 0.5) is 11.4 Å². The molecule has 0 aromatic heterocycles. The van der Waals surface area contributed by atoms with Gasteiger partial charge in [-0.3, -0.25) is 4.79 Å². The number of thioether (sulfide) groups is 1. The van der Waals surface area contributed by atoms with Gasteiger partial charge in [0.05, 0.1) is 0 Å². The Kier molecular flexibility index (Phi) is 7.36. The SMILES string of the molecule is CN(C)CCSCCCC(=O)Nc1ccc(N)cc1. The van der Waals surface area contributed by atoms with Crippen molar-refractivity contribution >= 4 is 29.0 Å². The third kappa shape index (κ3) is 7.74. The van der Waals surface area contributed by atoms with Crippen LogP contribution in [-0.4, -0.2) is 43.0 Å². The first kappa shape index (κ1) is 15.9. The minimum Gasteiger partial charge on any atom is -0.399 e. The smallest absolute Gasteiger partial charge is 0.224 e. The number of amides is 1. The standard InChI is InChI=1S/C14H23N3OS/c1-17(2)9-11-19-10-3-4-14(18)16-13-7-5-12(15)6-8-13/h5-8H,3-4,9-11,15H2,1-2H3,(H,16,18). The van der Waals surface area contributed by atoms with Crippen LogP contribution in [0.5, 0.6) is 0 Å². The van der Waals surface area contributed by atoms with E-state index < -0.39 is 0 Å². The number of nitrogens with two attached hydrogens (primary N) is 1. The van der Waals surface area contributed by atoms with E-state index in [1.165, 1.54) is 0 Å². The van der Waals surface area contributed by atoms with Crippen LogP contribution in [0, 0.1) is 0 Å². The molecule has 0 saturated carbocycles. The van der Waals surface area contributed by atoms with Crippen LogP contribution in [0.2, 0.25) is 0 Å². The van der Waals surface area contributed by atoms with Crippen LogP contribution in [0.3, 0.4) is 0 Å². The van der Waals surface area contributed by atoms with Crippen molar-refractivity contribution in [2.24, 2.45) is 0 Å². The summed E-state index contributed by atoms with van der Waals surface area (Å²) in [4.78, 5) is 13.8. The summed E-state index contributed by atoms with van der Waals surface area (Å²) in [5.74, 6) is 2.22. The van der Waals surface area contributed by atoms with Crippen molar-refractivity contribution in [3.8, 4) is 0 Å². The van der Waals surface area contributed by atoms with Gasteiger partial charge in [0.25, 0.3) is 0 Å². The van der Waals surface area contributed by atoms with Crippen molar-refractivity contribution in [1.82, 2.24) is 4.90 Å². The van der Waals surface area contributed by atoms with Gasteiger partial charge >= 0.3 is 0 Å². The number of rotatable bonds is 8. The number of nitrogens with zero attached hydrogens (tertiary/aromatic N) is 1. The molecular weight excluding hydrogens is 258 g/mol. The number of nitrogen functional groups attached to an aromatic ring is 1. The molecule has 0 atom stereocenters. The summed E-state index contributed by atoms with van der Waals surface area (Å²) in [6.45, 7) is 1.09. The van der Waals surface area contributed by atoms with Crippen molar-refractivity contribution in [3.63, 3.8) is 0 Å². The summed E-state index contributed by atoms with van der Waals surface area (Å²) in [5, 5.41) is 2.87. The van der Waals surface area contributed by atoms with E-state index in [1.807, 2.05) is 23.9 Å². The zero-order valence-electron chi connectivity index (χ0n) is 11.7. The van der Waals surface area contributed by atoms with E-state index in [2.05, 4.69) is 24.3 Å². The molecule has 0 aliphatic carbocycles. The summed E-state index contributed by atoms with van der Waals surface area (Å²) in [6, 6.07) is 7.21. The molecule has 3 N–H and O–H groups in total. The highest BCUT2D eigenvalue weighted by molar-refractivity contribution is 7.99. The molecular formula is C14H23N3OS. The summed E-state index contributed by atoms with van der Waals surface area (Å²) in [5.41, 5.74) is 7.10. The summed E-state index contributed by atoms with van der Waals surface area (Å²) in [7, 11) is 4.14. The number of carbonyl (C=O) groups is 1. The van der Waals surface area contributed by atoms with Crippen LogP contribution in [0.1, 0.15) is 12.8 Å². The maximum absolute atomic E-state index is 11.7. The lowest BCUT2D eigenvalue weighted by Crippen LogP contribution is -2.15. The van der Waals surface area contributed by atoms with Gasteiger partial charge in [0.15, 0.2) is 0 Å². The number of hydrogen-bond donors (Lipinski definition) is 2. The molecule has 0 fully saturated rings. The second-order valence-corrected chi connectivity index (χ2v) is 5.91. The van der Waals surface area contributed by atoms with Crippen LogP contribution < -0.4 is 11.1 Å². The average molecular weight is 281 g/mol. The quantitative estimate of drug-likeness (QED) is 0.567. The van der Waals surface area contributed by atoms with Gasteiger partial charge in [0.2, 0.25) is 5.91 Å². The fourth-order valence-electron chi connectivity index (χ4n) is 1.47. The third-order valence-electron chi connectivity index (χ3n) is 2.57. The molecule has 0 radical (unpaired) electrons. The first-order chi connectivity index (χ1) is 9.08. The molecule has 106 valence electrons. The van der Waals surface area contributed by atoms with E-state index >= 15 is 0 Å². The molecule has 0 unspecified atom stereocenters. The fraction of sp³-hybridized carbons (Fsp3) is 0.500. The van der Waals surface area contributed by atoms with E-state index in [-0.39, 0.29) is 5.91 Å². The molecule has 0 heterocycles. The Morgan fingerprint density at radius 3 is 2.58 bits per heavy atom. The second kappa shape index (κ2) is 8.82. The van der Waals surface area contributed by atoms with Crippen molar-refractivity contribution in [3.05, 3.63) is 24.3 Å². The third-order valence-corrected chi connectivity index (χ3v) is 3.62. The number of hydrogen-bond acceptors (Lipinski definition) is 4. The van der Waals surface area contributed by atoms with Crippen LogP contribution in [0.15, 0.2) is 24.3 Å². The van der Waals surface area contributed by atoms with Gasteiger partial charge in [0, 0.05) is 30.1 Å². The molecule has 5 heteroatoms. The second-order valence-electron chi connectivity index (χ2n) is 4.69. The molecule has 1 aromatic rings. The van der Waals surface area contributed by atoms with Crippen molar-refractivity contribution in [2.45, 2.75) is 12.8 Å². The largest absolute Gasteiger partial charge is 0.399 e. The zero-order chi connectivity index (χ0) is 14.1. The summed E-state index contributed by atoms with van der Waals surface area (Å²) in [6.07, 6.45) is 1.48. The van der Waals surface area contributed by atoms with Crippen LogP contribution in [-0.2, 0) is 4.79 Å². The lowest BCUT2D eigenvalue weighted by atomic mass is 10.2. The average Bonchev–Trinajstić information content (AvgIpc) is 2.36. The topological polar surface area (TPSA) is 58.4 Å². The Morgan fingerprint density at radius 2 is 1.95 bits per heavy atom. The predicted molar refractivity (Wildman–Crippen MR) is 84.6 cm³/mol. The molecule has 1 rings (SSSR count). The number of nitrogens with one attached hydrogen (secondary N) is 1. The van der Waals surface area contributed by atoms with E-state index in [9.17, 15) is 4.79 Å². The molecule has 0 saturated heterocycles. The summed E-state index contributed by atoms with van der Waals surface area (Å²) >= 11 is 1.89. The molecule has 0 bridgehead atoms. The Labute approximate surface area is 119 Å². The van der Waals surface area contributed by atoms with Crippen LogP contribution in [0.25, 0.3) is 0 Å². The van der Waals surface area contributed by atoms with E-state index in [1.54, 1.807) is 12.1 Å². The highest BCUT2D eigenvalue weighted by Crippen LogP contribution is 2.11. The summed E-state index contributed by atoms with van der Waals surface area (Å²) < 4.78 is 0. The molecule has 0 spiro atoms. The normalized spacial score (nSPS) is 10.7. The van der Waals surface area contributed by atoms with Crippen molar-refractivity contribution in [1.29, 1.82) is 0 Å². The number of anilines is 2. The molecule has 4 nitrogen and oxygen atoms in total. The minimum absolute atomic E-state index is 0.0676. The molecule has 0 aliphatic heterocycles. The first-order valence-electron chi connectivity index (χ1n) is 6.46. The Bertz CT molecular complexity index is 379. The fourth-order valence-corrected chi connectivity index (χ4v) is 2.52. The Balaban J connectivity index is 2.09. The zero-order valence-corrected chi connectivity index (χ0v) is 12.5. The highest BCUT2D eigenvalue weighted by atomic mass is 32.2. The monoisotopic (exact) mass is 281 g/mol. The maximum atomic E-state index is 11.7. The highest BCUT2D eigenvalue weighted by Gasteiger charge is 2.02. The Morgan fingerprint density at radius 1 is 1.26 bits per heavy atom. The Hall–Kier alpha value is -1.20. The van der Waals surface area contributed by atoms with Gasteiger partial charge in [-0.15, -0.1) is 0 Å². The van der Waals surface area contributed by atoms with Gasteiger partial charge in [-0.2, -0.15) is 11.8 Å². The minimum atomic E-state index is 0.0676. The number of carbonyl (C=O) groups excluding carboxylic acids is 1. The predicted octanol–water partition coefficient (Wildman–Crippen LogP) is 2.28. The molecule has 1 amide bonds. The van der Waals surface area contributed by atoms with E-state index in [0.29, 0.717) is 12.1 Å². The molecule has 19 heavy (non-hydrogen) atoms.